The third-order valence-corrected chi connectivity index (χ3v) is 4.44. The molecule has 0 radical (unpaired) electrons. The first kappa shape index (κ1) is 16.2. The van der Waals surface area contributed by atoms with E-state index in [9.17, 15) is 9.59 Å². The van der Waals surface area contributed by atoms with Crippen LogP contribution in [0.15, 0.2) is 34.7 Å². The molecular formula is C18H20N2O4. The highest BCUT2D eigenvalue weighted by molar-refractivity contribution is 5.93. The standard InChI is InChI=1S/C18H20N2O4/c1-11-15(20-17(24-11)12-5-3-2-4-6-12)16(21)19-14-9-7-13(8-10-14)18(22)23/h2-6,13-14H,7-10H2,1H3,(H,19,21)(H,22,23). The number of carbonyl (C=O) groups excluding carboxylic acids is 1. The van der Waals surface area contributed by atoms with Crippen molar-refractivity contribution in [3.05, 3.63) is 41.8 Å². The second kappa shape index (κ2) is 6.86. The number of aliphatic carboxylic acids is 1. The van der Waals surface area contributed by atoms with Gasteiger partial charge in [-0.25, -0.2) is 4.98 Å². The Morgan fingerprint density at radius 3 is 2.46 bits per heavy atom. The van der Waals surface area contributed by atoms with Gasteiger partial charge >= 0.3 is 5.97 Å². The summed E-state index contributed by atoms with van der Waals surface area (Å²) < 4.78 is 5.61. The van der Waals surface area contributed by atoms with Crippen LogP contribution in [-0.4, -0.2) is 28.0 Å². The van der Waals surface area contributed by atoms with Crippen LogP contribution >= 0.6 is 0 Å². The van der Waals surface area contributed by atoms with Crippen molar-refractivity contribution in [1.82, 2.24) is 10.3 Å². The highest BCUT2D eigenvalue weighted by atomic mass is 16.4. The molecule has 2 N–H and O–H groups in total. The molecule has 24 heavy (non-hydrogen) atoms. The summed E-state index contributed by atoms with van der Waals surface area (Å²) in [7, 11) is 0. The SMILES string of the molecule is Cc1oc(-c2ccccc2)nc1C(=O)NC1CCC(C(=O)O)CC1. The minimum Gasteiger partial charge on any atom is -0.481 e. The molecule has 1 saturated carbocycles. The molecule has 6 nitrogen and oxygen atoms in total. The maximum atomic E-state index is 12.4. The lowest BCUT2D eigenvalue weighted by molar-refractivity contribution is -0.142. The van der Waals surface area contributed by atoms with Crippen molar-refractivity contribution in [3.63, 3.8) is 0 Å². The average molecular weight is 328 g/mol. The number of carboxylic acids is 1. The van der Waals surface area contributed by atoms with E-state index in [1.807, 2.05) is 30.3 Å². The number of carboxylic acid groups (broad SMARTS) is 1. The van der Waals surface area contributed by atoms with Crippen LogP contribution in [0.2, 0.25) is 0 Å². The second-order valence-corrected chi connectivity index (χ2v) is 6.15. The Bertz CT molecular complexity index is 731. The lowest BCUT2D eigenvalue weighted by atomic mass is 9.86. The summed E-state index contributed by atoms with van der Waals surface area (Å²) in [4.78, 5) is 27.7. The van der Waals surface area contributed by atoms with E-state index < -0.39 is 5.97 Å². The van der Waals surface area contributed by atoms with Crippen molar-refractivity contribution in [2.45, 2.75) is 38.6 Å². The van der Waals surface area contributed by atoms with Gasteiger partial charge in [0.2, 0.25) is 5.89 Å². The highest BCUT2D eigenvalue weighted by Gasteiger charge is 2.28. The van der Waals surface area contributed by atoms with Crippen LogP contribution in [-0.2, 0) is 4.79 Å². The summed E-state index contributed by atoms with van der Waals surface area (Å²) in [5.41, 5.74) is 1.11. The fourth-order valence-corrected chi connectivity index (χ4v) is 3.05. The summed E-state index contributed by atoms with van der Waals surface area (Å²) in [6, 6.07) is 9.41. The Balaban J connectivity index is 1.66. The minimum absolute atomic E-state index is 0.00984. The zero-order valence-electron chi connectivity index (χ0n) is 13.5. The van der Waals surface area contributed by atoms with Crippen molar-refractivity contribution in [3.8, 4) is 11.5 Å². The van der Waals surface area contributed by atoms with Gasteiger partial charge in [-0.1, -0.05) is 18.2 Å². The molecule has 0 spiro atoms. The third kappa shape index (κ3) is 3.48. The number of nitrogens with one attached hydrogen (secondary N) is 1. The van der Waals surface area contributed by atoms with Gasteiger partial charge in [0.25, 0.3) is 5.91 Å². The fourth-order valence-electron chi connectivity index (χ4n) is 3.05. The third-order valence-electron chi connectivity index (χ3n) is 4.44. The molecule has 2 aromatic rings. The van der Waals surface area contributed by atoms with Crippen LogP contribution in [0.25, 0.3) is 11.5 Å². The van der Waals surface area contributed by atoms with E-state index in [2.05, 4.69) is 10.3 Å². The lowest BCUT2D eigenvalue weighted by Crippen LogP contribution is -2.39. The molecule has 1 fully saturated rings. The van der Waals surface area contributed by atoms with Gasteiger partial charge in [-0.3, -0.25) is 9.59 Å². The molecule has 6 heteroatoms. The molecule has 0 bridgehead atoms. The summed E-state index contributed by atoms with van der Waals surface area (Å²) in [6.07, 6.45) is 2.52. The number of rotatable bonds is 4. The first-order chi connectivity index (χ1) is 11.5. The smallest absolute Gasteiger partial charge is 0.306 e. The minimum atomic E-state index is -0.750. The number of carbonyl (C=O) groups is 2. The molecule has 1 aromatic heterocycles. The predicted molar refractivity (Wildman–Crippen MR) is 87.5 cm³/mol. The van der Waals surface area contributed by atoms with Gasteiger partial charge < -0.3 is 14.8 Å². The van der Waals surface area contributed by atoms with E-state index in [0.29, 0.717) is 37.3 Å². The number of benzene rings is 1. The first-order valence-electron chi connectivity index (χ1n) is 8.11. The van der Waals surface area contributed by atoms with Crippen LogP contribution in [0.3, 0.4) is 0 Å². The maximum absolute atomic E-state index is 12.4. The molecule has 1 heterocycles. The van der Waals surface area contributed by atoms with E-state index in [0.717, 1.165) is 5.56 Å². The maximum Gasteiger partial charge on any atom is 0.306 e. The molecule has 0 saturated heterocycles. The van der Waals surface area contributed by atoms with Gasteiger partial charge in [0.15, 0.2) is 5.69 Å². The van der Waals surface area contributed by atoms with Crippen molar-refractivity contribution < 1.29 is 19.1 Å². The number of nitrogens with zero attached hydrogens (tertiary/aromatic N) is 1. The first-order valence-corrected chi connectivity index (χ1v) is 8.11. The molecule has 1 amide bonds. The summed E-state index contributed by atoms with van der Waals surface area (Å²) in [5, 5.41) is 12.0. The molecule has 0 aliphatic heterocycles. The van der Waals surface area contributed by atoms with Crippen LogP contribution in [0.5, 0.6) is 0 Å². The Labute approximate surface area is 139 Å². The van der Waals surface area contributed by atoms with E-state index >= 15 is 0 Å². The lowest BCUT2D eigenvalue weighted by Gasteiger charge is -2.26. The number of oxazole rings is 1. The molecule has 1 aromatic carbocycles. The van der Waals surface area contributed by atoms with Gasteiger partial charge in [0.05, 0.1) is 5.92 Å². The molecule has 1 aliphatic rings. The van der Waals surface area contributed by atoms with E-state index in [1.54, 1.807) is 6.92 Å². The Morgan fingerprint density at radius 1 is 1.17 bits per heavy atom. The second-order valence-electron chi connectivity index (χ2n) is 6.15. The Hall–Kier alpha value is -2.63. The van der Waals surface area contributed by atoms with Crippen molar-refractivity contribution >= 4 is 11.9 Å². The molecular weight excluding hydrogens is 308 g/mol. The number of amides is 1. The number of aromatic nitrogens is 1. The normalized spacial score (nSPS) is 20.5. The number of hydrogen-bond acceptors (Lipinski definition) is 4. The van der Waals surface area contributed by atoms with E-state index in [4.69, 9.17) is 9.52 Å². The molecule has 0 atom stereocenters. The van der Waals surface area contributed by atoms with E-state index in [1.165, 1.54) is 0 Å². The monoisotopic (exact) mass is 328 g/mol. The van der Waals surface area contributed by atoms with Crippen LogP contribution in [0, 0.1) is 12.8 Å². The van der Waals surface area contributed by atoms with Gasteiger partial charge in [0.1, 0.15) is 5.76 Å². The predicted octanol–water partition coefficient (Wildman–Crippen LogP) is 3.02. The summed E-state index contributed by atoms with van der Waals surface area (Å²) >= 11 is 0. The number of aryl methyl sites for hydroxylation is 1. The van der Waals surface area contributed by atoms with Gasteiger partial charge in [0, 0.05) is 11.6 Å². The van der Waals surface area contributed by atoms with Crippen molar-refractivity contribution in [2.24, 2.45) is 5.92 Å². The quantitative estimate of drug-likeness (QED) is 0.900. The molecule has 126 valence electrons. The van der Waals surface area contributed by atoms with Crippen LogP contribution < -0.4 is 5.32 Å². The van der Waals surface area contributed by atoms with E-state index in [-0.39, 0.29) is 23.6 Å². The zero-order chi connectivity index (χ0) is 17.1. The van der Waals surface area contributed by atoms with Gasteiger partial charge in [-0.15, -0.1) is 0 Å². The van der Waals surface area contributed by atoms with Gasteiger partial charge in [-0.2, -0.15) is 0 Å². The average Bonchev–Trinajstić information content (AvgIpc) is 2.98. The summed E-state index contributed by atoms with van der Waals surface area (Å²) in [6.45, 7) is 1.72. The Morgan fingerprint density at radius 2 is 1.83 bits per heavy atom. The van der Waals surface area contributed by atoms with Crippen LogP contribution in [0.1, 0.15) is 41.9 Å². The highest BCUT2D eigenvalue weighted by Crippen LogP contribution is 2.25. The zero-order valence-corrected chi connectivity index (χ0v) is 13.5. The molecule has 0 unspecified atom stereocenters. The molecule has 3 rings (SSSR count). The molecule has 1 aliphatic carbocycles. The largest absolute Gasteiger partial charge is 0.481 e. The van der Waals surface area contributed by atoms with Crippen molar-refractivity contribution in [2.75, 3.05) is 0 Å². The fraction of sp³-hybridized carbons (Fsp3) is 0.389. The van der Waals surface area contributed by atoms with Crippen LogP contribution in [0.4, 0.5) is 0 Å². The van der Waals surface area contributed by atoms with Gasteiger partial charge in [-0.05, 0) is 44.7 Å². The number of hydrogen-bond donors (Lipinski definition) is 2. The summed E-state index contributed by atoms with van der Waals surface area (Å²) in [5.74, 6) is -0.410. The van der Waals surface area contributed by atoms with Crippen molar-refractivity contribution in [1.29, 1.82) is 0 Å². The topological polar surface area (TPSA) is 92.4 Å². The Kier molecular flexibility index (Phi) is 4.64.